The molecule has 0 saturated heterocycles. The van der Waals surface area contributed by atoms with Gasteiger partial charge in [0.2, 0.25) is 0 Å². The Bertz CT molecular complexity index is 721. The van der Waals surface area contributed by atoms with E-state index in [9.17, 15) is 4.39 Å². The molecule has 0 aliphatic heterocycles. The fourth-order valence-corrected chi connectivity index (χ4v) is 2.55. The maximum atomic E-state index is 12.9. The Morgan fingerprint density at radius 1 is 1.04 bits per heavy atom. The standard InChI is InChI=1S/C19H19FN2O/c1-15(13-22-11-10-21-14-22)12-16-2-6-18(7-3-16)23-19-8-4-17(20)5-9-19/h2-11,14-15H,12-13H2,1H3. The highest BCUT2D eigenvalue weighted by molar-refractivity contribution is 5.33. The molecule has 118 valence electrons. The van der Waals surface area contributed by atoms with Gasteiger partial charge in [-0.3, -0.25) is 0 Å². The second-order valence-corrected chi connectivity index (χ2v) is 5.77. The van der Waals surface area contributed by atoms with Crippen LogP contribution in [0.2, 0.25) is 0 Å². The molecule has 0 saturated carbocycles. The number of halogens is 1. The van der Waals surface area contributed by atoms with E-state index in [0.717, 1.165) is 18.7 Å². The lowest BCUT2D eigenvalue weighted by Gasteiger charge is -2.13. The van der Waals surface area contributed by atoms with Crippen LogP contribution in [0.25, 0.3) is 0 Å². The molecule has 1 aromatic heterocycles. The zero-order chi connectivity index (χ0) is 16.1. The van der Waals surface area contributed by atoms with Gasteiger partial charge in [-0.25, -0.2) is 9.37 Å². The molecule has 1 atom stereocenters. The van der Waals surface area contributed by atoms with Gasteiger partial charge in [-0.2, -0.15) is 0 Å². The van der Waals surface area contributed by atoms with E-state index in [1.165, 1.54) is 17.7 Å². The monoisotopic (exact) mass is 310 g/mol. The minimum atomic E-state index is -0.264. The number of rotatable bonds is 6. The number of ether oxygens (including phenoxy) is 1. The van der Waals surface area contributed by atoms with Gasteiger partial charge in [0.15, 0.2) is 0 Å². The molecule has 0 fully saturated rings. The van der Waals surface area contributed by atoms with Crippen LogP contribution in [0.3, 0.4) is 0 Å². The summed E-state index contributed by atoms with van der Waals surface area (Å²) in [5.41, 5.74) is 1.27. The van der Waals surface area contributed by atoms with Crippen LogP contribution in [0.1, 0.15) is 12.5 Å². The lowest BCUT2D eigenvalue weighted by atomic mass is 10.0. The van der Waals surface area contributed by atoms with Gasteiger partial charge in [-0.05, 0) is 54.3 Å². The third kappa shape index (κ3) is 4.42. The summed E-state index contributed by atoms with van der Waals surface area (Å²) in [6, 6.07) is 14.1. The van der Waals surface area contributed by atoms with E-state index in [0.29, 0.717) is 11.7 Å². The predicted octanol–water partition coefficient (Wildman–Crippen LogP) is 4.69. The Kier molecular flexibility index (Phi) is 4.71. The van der Waals surface area contributed by atoms with E-state index >= 15 is 0 Å². The van der Waals surface area contributed by atoms with Gasteiger partial charge in [0.25, 0.3) is 0 Å². The zero-order valence-corrected chi connectivity index (χ0v) is 13.0. The van der Waals surface area contributed by atoms with Gasteiger partial charge < -0.3 is 9.30 Å². The number of hydrogen-bond acceptors (Lipinski definition) is 2. The van der Waals surface area contributed by atoms with Crippen molar-refractivity contribution in [2.45, 2.75) is 19.9 Å². The number of benzene rings is 2. The SMILES string of the molecule is CC(Cc1ccc(Oc2ccc(F)cc2)cc1)Cn1ccnc1. The van der Waals surface area contributed by atoms with Gasteiger partial charge >= 0.3 is 0 Å². The summed E-state index contributed by atoms with van der Waals surface area (Å²) < 4.78 is 20.7. The molecule has 3 aromatic rings. The fraction of sp³-hybridized carbons (Fsp3) is 0.211. The number of aromatic nitrogens is 2. The summed E-state index contributed by atoms with van der Waals surface area (Å²) in [4.78, 5) is 4.06. The zero-order valence-electron chi connectivity index (χ0n) is 13.0. The van der Waals surface area contributed by atoms with Crippen molar-refractivity contribution in [2.75, 3.05) is 0 Å². The molecule has 0 spiro atoms. The van der Waals surface area contributed by atoms with Crippen molar-refractivity contribution in [2.24, 2.45) is 5.92 Å². The average Bonchev–Trinajstić information content (AvgIpc) is 3.04. The quantitative estimate of drug-likeness (QED) is 0.660. The molecule has 23 heavy (non-hydrogen) atoms. The molecule has 1 heterocycles. The summed E-state index contributed by atoms with van der Waals surface area (Å²) in [5.74, 6) is 1.64. The van der Waals surface area contributed by atoms with Gasteiger partial charge in [0.05, 0.1) is 6.33 Å². The lowest BCUT2D eigenvalue weighted by molar-refractivity contribution is 0.473. The van der Waals surface area contributed by atoms with E-state index in [2.05, 4.69) is 28.6 Å². The summed E-state index contributed by atoms with van der Waals surface area (Å²) in [5, 5.41) is 0. The van der Waals surface area contributed by atoms with Gasteiger partial charge in [0.1, 0.15) is 17.3 Å². The van der Waals surface area contributed by atoms with Crippen molar-refractivity contribution in [3.8, 4) is 11.5 Å². The second-order valence-electron chi connectivity index (χ2n) is 5.77. The molecular formula is C19H19FN2O. The number of imidazole rings is 1. The smallest absolute Gasteiger partial charge is 0.127 e. The number of hydrogen-bond donors (Lipinski definition) is 0. The van der Waals surface area contributed by atoms with Crippen molar-refractivity contribution in [1.82, 2.24) is 9.55 Å². The third-order valence-electron chi connectivity index (χ3n) is 3.64. The van der Waals surface area contributed by atoms with Crippen LogP contribution in [0, 0.1) is 11.7 Å². The molecule has 0 N–H and O–H groups in total. The van der Waals surface area contributed by atoms with Crippen LogP contribution >= 0.6 is 0 Å². The van der Waals surface area contributed by atoms with Crippen LogP contribution in [0.4, 0.5) is 4.39 Å². The van der Waals surface area contributed by atoms with Crippen LogP contribution in [-0.4, -0.2) is 9.55 Å². The molecule has 0 aliphatic carbocycles. The summed E-state index contributed by atoms with van der Waals surface area (Å²) in [7, 11) is 0. The predicted molar refractivity (Wildman–Crippen MR) is 88.0 cm³/mol. The van der Waals surface area contributed by atoms with E-state index in [-0.39, 0.29) is 5.82 Å². The first-order chi connectivity index (χ1) is 11.2. The molecule has 0 bridgehead atoms. The van der Waals surface area contributed by atoms with E-state index in [1.807, 2.05) is 24.7 Å². The molecular weight excluding hydrogens is 291 g/mol. The highest BCUT2D eigenvalue weighted by Crippen LogP contribution is 2.22. The van der Waals surface area contributed by atoms with Gasteiger partial charge in [0, 0.05) is 18.9 Å². The Balaban J connectivity index is 1.57. The summed E-state index contributed by atoms with van der Waals surface area (Å²) in [6.07, 6.45) is 6.62. The highest BCUT2D eigenvalue weighted by Gasteiger charge is 2.05. The van der Waals surface area contributed by atoms with Crippen molar-refractivity contribution < 1.29 is 9.13 Å². The molecule has 4 heteroatoms. The first-order valence-corrected chi connectivity index (χ1v) is 7.67. The maximum Gasteiger partial charge on any atom is 0.127 e. The number of nitrogens with zero attached hydrogens (tertiary/aromatic N) is 2. The Labute approximate surface area is 135 Å². The summed E-state index contributed by atoms with van der Waals surface area (Å²) in [6.45, 7) is 3.18. The second kappa shape index (κ2) is 7.09. The molecule has 0 amide bonds. The first-order valence-electron chi connectivity index (χ1n) is 7.67. The van der Waals surface area contributed by atoms with Crippen molar-refractivity contribution in [1.29, 1.82) is 0 Å². The molecule has 0 radical (unpaired) electrons. The lowest BCUT2D eigenvalue weighted by Crippen LogP contribution is -2.08. The maximum absolute atomic E-state index is 12.9. The minimum Gasteiger partial charge on any atom is -0.457 e. The van der Waals surface area contributed by atoms with Gasteiger partial charge in [-0.1, -0.05) is 19.1 Å². The molecule has 1 unspecified atom stereocenters. The molecule has 2 aromatic carbocycles. The van der Waals surface area contributed by atoms with Crippen LogP contribution in [0.5, 0.6) is 11.5 Å². The first kappa shape index (κ1) is 15.3. The minimum absolute atomic E-state index is 0.264. The molecule has 3 nitrogen and oxygen atoms in total. The highest BCUT2D eigenvalue weighted by atomic mass is 19.1. The van der Waals surface area contributed by atoms with Crippen LogP contribution < -0.4 is 4.74 Å². The molecule has 0 aliphatic rings. The largest absolute Gasteiger partial charge is 0.457 e. The van der Waals surface area contributed by atoms with E-state index < -0.39 is 0 Å². The Morgan fingerprint density at radius 2 is 1.70 bits per heavy atom. The topological polar surface area (TPSA) is 27.1 Å². The average molecular weight is 310 g/mol. The Hall–Kier alpha value is -2.62. The van der Waals surface area contributed by atoms with Crippen molar-refractivity contribution in [3.05, 3.63) is 78.6 Å². The molecule has 3 rings (SSSR count). The third-order valence-corrected chi connectivity index (χ3v) is 3.64. The normalized spacial score (nSPS) is 12.1. The van der Waals surface area contributed by atoms with Crippen molar-refractivity contribution in [3.63, 3.8) is 0 Å². The summed E-state index contributed by atoms with van der Waals surface area (Å²) >= 11 is 0. The van der Waals surface area contributed by atoms with Crippen LogP contribution in [-0.2, 0) is 13.0 Å². The van der Waals surface area contributed by atoms with E-state index in [1.54, 1.807) is 18.3 Å². The van der Waals surface area contributed by atoms with Crippen LogP contribution in [0.15, 0.2) is 67.3 Å². The van der Waals surface area contributed by atoms with E-state index in [4.69, 9.17) is 4.74 Å². The fourth-order valence-electron chi connectivity index (χ4n) is 2.55. The van der Waals surface area contributed by atoms with Crippen molar-refractivity contribution >= 4 is 0 Å². The Morgan fingerprint density at radius 3 is 2.30 bits per heavy atom. The van der Waals surface area contributed by atoms with Gasteiger partial charge in [-0.15, -0.1) is 0 Å².